The summed E-state index contributed by atoms with van der Waals surface area (Å²) < 4.78 is 6.88. The SMILES string of the molecule is CCOC(=O)C(C)n1c(CCCl)nc2c(C#N)cccc21. The third-order valence-electron chi connectivity index (χ3n) is 3.25. The fraction of sp³-hybridized carbons (Fsp3) is 0.400. The van der Waals surface area contributed by atoms with Crippen molar-refractivity contribution in [3.8, 4) is 6.07 Å². The van der Waals surface area contributed by atoms with E-state index in [1.165, 1.54) is 0 Å². The number of aryl methyl sites for hydroxylation is 1. The van der Waals surface area contributed by atoms with Gasteiger partial charge >= 0.3 is 5.97 Å². The Morgan fingerprint density at radius 2 is 2.33 bits per heavy atom. The summed E-state index contributed by atoms with van der Waals surface area (Å²) in [5.41, 5.74) is 1.82. The second-order valence-corrected chi connectivity index (χ2v) is 4.93. The van der Waals surface area contributed by atoms with E-state index in [4.69, 9.17) is 16.3 Å². The zero-order chi connectivity index (χ0) is 15.4. The summed E-state index contributed by atoms with van der Waals surface area (Å²) >= 11 is 5.82. The number of carbonyl (C=O) groups is 1. The Balaban J connectivity index is 2.62. The van der Waals surface area contributed by atoms with Gasteiger partial charge in [0.15, 0.2) is 0 Å². The first kappa shape index (κ1) is 15.3. The Kier molecular flexibility index (Phi) is 4.81. The molecule has 6 heteroatoms. The summed E-state index contributed by atoms with van der Waals surface area (Å²) in [5, 5.41) is 9.18. The van der Waals surface area contributed by atoms with Crippen LogP contribution in [0.5, 0.6) is 0 Å². The number of halogens is 1. The van der Waals surface area contributed by atoms with Crippen LogP contribution in [-0.2, 0) is 16.0 Å². The van der Waals surface area contributed by atoms with Gasteiger partial charge in [0, 0.05) is 12.3 Å². The molecule has 2 rings (SSSR count). The van der Waals surface area contributed by atoms with Crippen molar-refractivity contribution in [1.29, 1.82) is 5.26 Å². The highest BCUT2D eigenvalue weighted by Gasteiger charge is 2.23. The molecule has 0 radical (unpaired) electrons. The van der Waals surface area contributed by atoms with Gasteiger partial charge in [-0.05, 0) is 26.0 Å². The van der Waals surface area contributed by atoms with Crippen LogP contribution >= 0.6 is 11.6 Å². The summed E-state index contributed by atoms with van der Waals surface area (Å²) in [6, 6.07) is 6.94. The minimum atomic E-state index is -0.512. The number of ether oxygens (including phenoxy) is 1. The van der Waals surface area contributed by atoms with Crippen LogP contribution in [0.4, 0.5) is 0 Å². The Bertz CT molecular complexity index is 703. The lowest BCUT2D eigenvalue weighted by Crippen LogP contribution is -2.21. The molecule has 5 nitrogen and oxygen atoms in total. The molecule has 0 aliphatic heterocycles. The van der Waals surface area contributed by atoms with Gasteiger partial charge in [0.1, 0.15) is 23.5 Å². The number of benzene rings is 1. The van der Waals surface area contributed by atoms with Crippen LogP contribution in [0.3, 0.4) is 0 Å². The molecule has 21 heavy (non-hydrogen) atoms. The monoisotopic (exact) mass is 305 g/mol. The van der Waals surface area contributed by atoms with Crippen molar-refractivity contribution < 1.29 is 9.53 Å². The smallest absolute Gasteiger partial charge is 0.328 e. The number of fused-ring (bicyclic) bond motifs is 1. The molecule has 0 spiro atoms. The van der Waals surface area contributed by atoms with Crippen molar-refractivity contribution in [2.24, 2.45) is 0 Å². The van der Waals surface area contributed by atoms with E-state index < -0.39 is 6.04 Å². The molecule has 110 valence electrons. The van der Waals surface area contributed by atoms with Crippen molar-refractivity contribution in [1.82, 2.24) is 9.55 Å². The molecule has 1 aromatic carbocycles. The number of nitriles is 1. The number of aromatic nitrogens is 2. The van der Waals surface area contributed by atoms with Gasteiger partial charge in [-0.15, -0.1) is 11.6 Å². The zero-order valence-corrected chi connectivity index (χ0v) is 12.7. The lowest BCUT2D eigenvalue weighted by atomic mass is 10.2. The first-order valence-electron chi connectivity index (χ1n) is 6.76. The van der Waals surface area contributed by atoms with Crippen LogP contribution in [0.15, 0.2) is 18.2 Å². The number of alkyl halides is 1. The number of carbonyl (C=O) groups excluding carboxylic acids is 1. The quantitative estimate of drug-likeness (QED) is 0.629. The highest BCUT2D eigenvalue weighted by atomic mass is 35.5. The highest BCUT2D eigenvalue weighted by molar-refractivity contribution is 6.17. The molecular formula is C15H16ClN3O2. The molecule has 0 aliphatic rings. The Labute approximate surface area is 128 Å². The molecule has 2 aromatic rings. The number of rotatable bonds is 5. The second kappa shape index (κ2) is 6.59. The number of esters is 1. The molecule has 0 N–H and O–H groups in total. The van der Waals surface area contributed by atoms with Gasteiger partial charge in [-0.3, -0.25) is 0 Å². The molecule has 1 aromatic heterocycles. The Hall–Kier alpha value is -2.06. The van der Waals surface area contributed by atoms with Crippen molar-refractivity contribution >= 4 is 28.6 Å². The van der Waals surface area contributed by atoms with Crippen LogP contribution in [0, 0.1) is 11.3 Å². The maximum absolute atomic E-state index is 12.0. The van der Waals surface area contributed by atoms with Crippen LogP contribution in [0.1, 0.15) is 31.3 Å². The number of hydrogen-bond donors (Lipinski definition) is 0. The van der Waals surface area contributed by atoms with E-state index in [2.05, 4.69) is 11.1 Å². The summed E-state index contributed by atoms with van der Waals surface area (Å²) in [6.45, 7) is 3.85. The summed E-state index contributed by atoms with van der Waals surface area (Å²) in [5.74, 6) is 0.749. The van der Waals surface area contributed by atoms with Crippen molar-refractivity contribution in [3.63, 3.8) is 0 Å². The molecule has 0 saturated heterocycles. The van der Waals surface area contributed by atoms with Crippen LogP contribution < -0.4 is 0 Å². The first-order chi connectivity index (χ1) is 10.1. The van der Waals surface area contributed by atoms with Crippen LogP contribution in [-0.4, -0.2) is 28.0 Å². The average molecular weight is 306 g/mol. The van der Waals surface area contributed by atoms with Gasteiger partial charge < -0.3 is 9.30 Å². The number of imidazole rings is 1. The first-order valence-corrected chi connectivity index (χ1v) is 7.30. The van der Waals surface area contributed by atoms with Gasteiger partial charge in [0.2, 0.25) is 0 Å². The van der Waals surface area contributed by atoms with E-state index in [1.54, 1.807) is 30.5 Å². The number of hydrogen-bond acceptors (Lipinski definition) is 4. The molecule has 1 atom stereocenters. The predicted molar refractivity (Wildman–Crippen MR) is 80.2 cm³/mol. The minimum Gasteiger partial charge on any atom is -0.464 e. The average Bonchev–Trinajstić information content (AvgIpc) is 2.85. The molecular weight excluding hydrogens is 290 g/mol. The molecule has 0 aliphatic carbocycles. The second-order valence-electron chi connectivity index (χ2n) is 4.55. The molecule has 0 fully saturated rings. The summed E-state index contributed by atoms with van der Waals surface area (Å²) in [4.78, 5) is 16.5. The van der Waals surface area contributed by atoms with Crippen LogP contribution in [0.25, 0.3) is 11.0 Å². The van der Waals surface area contributed by atoms with Gasteiger partial charge in [0.05, 0.1) is 17.7 Å². The molecule has 1 heterocycles. The third-order valence-corrected chi connectivity index (χ3v) is 3.44. The lowest BCUT2D eigenvalue weighted by molar-refractivity contribution is -0.146. The topological polar surface area (TPSA) is 67.9 Å². The Morgan fingerprint density at radius 1 is 1.57 bits per heavy atom. The maximum atomic E-state index is 12.0. The van der Waals surface area contributed by atoms with Crippen LogP contribution in [0.2, 0.25) is 0 Å². The minimum absolute atomic E-state index is 0.324. The summed E-state index contributed by atoms with van der Waals surface area (Å²) in [7, 11) is 0. The summed E-state index contributed by atoms with van der Waals surface area (Å²) in [6.07, 6.45) is 0.519. The normalized spacial score (nSPS) is 12.1. The Morgan fingerprint density at radius 3 is 2.95 bits per heavy atom. The molecule has 1 unspecified atom stereocenters. The van der Waals surface area contributed by atoms with E-state index in [-0.39, 0.29) is 5.97 Å². The van der Waals surface area contributed by atoms with E-state index >= 15 is 0 Å². The van der Waals surface area contributed by atoms with Crippen molar-refractivity contribution in [3.05, 3.63) is 29.6 Å². The van der Waals surface area contributed by atoms with Crippen molar-refractivity contribution in [2.45, 2.75) is 26.3 Å². The van der Waals surface area contributed by atoms with E-state index in [9.17, 15) is 10.1 Å². The standard InChI is InChI=1S/C15H16ClN3O2/c1-3-21-15(20)10(2)19-12-6-4-5-11(9-17)14(12)18-13(19)7-8-16/h4-6,10H,3,7-8H2,1-2H3. The van der Waals surface area contributed by atoms with E-state index in [1.807, 2.05) is 6.07 Å². The predicted octanol–water partition coefficient (Wildman–Crippen LogP) is 2.81. The molecule has 0 saturated carbocycles. The van der Waals surface area contributed by atoms with Gasteiger partial charge in [0.25, 0.3) is 0 Å². The zero-order valence-electron chi connectivity index (χ0n) is 12.0. The van der Waals surface area contributed by atoms with Crippen molar-refractivity contribution in [2.75, 3.05) is 12.5 Å². The van der Waals surface area contributed by atoms with Gasteiger partial charge in [-0.25, -0.2) is 9.78 Å². The molecule has 0 bridgehead atoms. The highest BCUT2D eigenvalue weighted by Crippen LogP contribution is 2.25. The fourth-order valence-electron chi connectivity index (χ4n) is 2.32. The van der Waals surface area contributed by atoms with Gasteiger partial charge in [-0.1, -0.05) is 6.07 Å². The largest absolute Gasteiger partial charge is 0.464 e. The number of para-hydroxylation sites is 1. The van der Waals surface area contributed by atoms with E-state index in [0.29, 0.717) is 35.8 Å². The third kappa shape index (κ3) is 2.86. The number of nitrogens with zero attached hydrogens (tertiary/aromatic N) is 3. The maximum Gasteiger partial charge on any atom is 0.328 e. The van der Waals surface area contributed by atoms with Gasteiger partial charge in [-0.2, -0.15) is 5.26 Å². The fourth-order valence-corrected chi connectivity index (χ4v) is 2.49. The van der Waals surface area contributed by atoms with E-state index in [0.717, 1.165) is 5.52 Å². The lowest BCUT2D eigenvalue weighted by Gasteiger charge is -2.16. The molecule has 0 amide bonds.